The SMILES string of the molecule is O=C(Cn1cc([N+](=O)[O-])cn1)N1CCC[C@H](c2ccccn2)C1. The molecular formula is C15H17N5O3. The number of pyridine rings is 1. The van der Waals surface area contributed by atoms with E-state index in [-0.39, 0.29) is 24.1 Å². The Morgan fingerprint density at radius 1 is 1.43 bits per heavy atom. The van der Waals surface area contributed by atoms with Gasteiger partial charge in [-0.05, 0) is 25.0 Å². The van der Waals surface area contributed by atoms with Crippen molar-refractivity contribution in [3.8, 4) is 0 Å². The largest absolute Gasteiger partial charge is 0.340 e. The second-order valence-corrected chi connectivity index (χ2v) is 5.59. The Morgan fingerprint density at radius 2 is 2.30 bits per heavy atom. The first-order valence-electron chi connectivity index (χ1n) is 7.49. The van der Waals surface area contributed by atoms with E-state index in [2.05, 4.69) is 10.1 Å². The van der Waals surface area contributed by atoms with Crippen LogP contribution in [0, 0.1) is 10.1 Å². The second kappa shape index (κ2) is 6.55. The van der Waals surface area contributed by atoms with E-state index in [0.717, 1.165) is 24.7 Å². The van der Waals surface area contributed by atoms with Gasteiger partial charge in [0.1, 0.15) is 18.9 Å². The highest BCUT2D eigenvalue weighted by molar-refractivity contribution is 5.76. The van der Waals surface area contributed by atoms with Crippen molar-refractivity contribution in [1.29, 1.82) is 0 Å². The van der Waals surface area contributed by atoms with E-state index in [4.69, 9.17) is 0 Å². The Hall–Kier alpha value is -2.77. The zero-order valence-corrected chi connectivity index (χ0v) is 12.5. The van der Waals surface area contributed by atoms with Crippen LogP contribution in [0.3, 0.4) is 0 Å². The zero-order chi connectivity index (χ0) is 16.2. The Morgan fingerprint density at radius 3 is 3.00 bits per heavy atom. The third-order valence-electron chi connectivity index (χ3n) is 4.01. The Bertz CT molecular complexity index is 700. The molecule has 0 radical (unpaired) electrons. The Labute approximate surface area is 132 Å². The molecule has 1 aliphatic rings. The summed E-state index contributed by atoms with van der Waals surface area (Å²) >= 11 is 0. The lowest BCUT2D eigenvalue weighted by Crippen LogP contribution is -2.41. The van der Waals surface area contributed by atoms with Gasteiger partial charge in [0.05, 0.1) is 4.92 Å². The van der Waals surface area contributed by atoms with Crippen molar-refractivity contribution in [3.05, 3.63) is 52.6 Å². The number of likely N-dealkylation sites (tertiary alicyclic amines) is 1. The molecule has 2 aromatic rings. The summed E-state index contributed by atoms with van der Waals surface area (Å²) in [6.45, 7) is 1.34. The molecule has 0 bridgehead atoms. The smallest absolute Gasteiger partial charge is 0.307 e. The van der Waals surface area contributed by atoms with Gasteiger partial charge in [0.2, 0.25) is 5.91 Å². The van der Waals surface area contributed by atoms with Crippen molar-refractivity contribution in [3.63, 3.8) is 0 Å². The van der Waals surface area contributed by atoms with Gasteiger partial charge in [-0.15, -0.1) is 0 Å². The fraction of sp³-hybridized carbons (Fsp3) is 0.400. The molecule has 1 atom stereocenters. The number of nitro groups is 1. The van der Waals surface area contributed by atoms with Crippen LogP contribution in [0.15, 0.2) is 36.8 Å². The maximum atomic E-state index is 12.4. The van der Waals surface area contributed by atoms with Crippen LogP contribution >= 0.6 is 0 Å². The van der Waals surface area contributed by atoms with Crippen LogP contribution < -0.4 is 0 Å². The van der Waals surface area contributed by atoms with E-state index >= 15 is 0 Å². The standard InChI is InChI=1S/C15H17N5O3/c21-15(11-19-10-13(8-17-19)20(22)23)18-7-3-4-12(9-18)14-5-1-2-6-16-14/h1-2,5-6,8,10,12H,3-4,7,9,11H2/t12-/m0/s1. The number of carbonyl (C=O) groups is 1. The number of carbonyl (C=O) groups excluding carboxylic acids is 1. The number of nitrogens with zero attached hydrogens (tertiary/aromatic N) is 5. The molecule has 120 valence electrons. The summed E-state index contributed by atoms with van der Waals surface area (Å²) in [6, 6.07) is 5.81. The first-order chi connectivity index (χ1) is 11.1. The Kier molecular flexibility index (Phi) is 4.31. The van der Waals surface area contributed by atoms with E-state index in [0.29, 0.717) is 13.1 Å². The van der Waals surface area contributed by atoms with Crippen LogP contribution in [-0.4, -0.2) is 43.6 Å². The van der Waals surface area contributed by atoms with Gasteiger partial charge in [-0.25, -0.2) is 0 Å². The molecule has 1 amide bonds. The van der Waals surface area contributed by atoms with Crippen molar-refractivity contribution in [1.82, 2.24) is 19.7 Å². The first-order valence-corrected chi connectivity index (χ1v) is 7.49. The molecule has 0 saturated carbocycles. The maximum Gasteiger partial charge on any atom is 0.307 e. The average Bonchev–Trinajstić information content (AvgIpc) is 3.04. The summed E-state index contributed by atoms with van der Waals surface area (Å²) in [4.78, 5) is 28.7. The fourth-order valence-electron chi connectivity index (χ4n) is 2.83. The summed E-state index contributed by atoms with van der Waals surface area (Å²) in [6.07, 6.45) is 6.12. The number of hydrogen-bond donors (Lipinski definition) is 0. The van der Waals surface area contributed by atoms with Gasteiger partial charge in [-0.3, -0.25) is 24.6 Å². The van der Waals surface area contributed by atoms with Crippen LogP contribution in [0.25, 0.3) is 0 Å². The van der Waals surface area contributed by atoms with Gasteiger partial charge in [0.25, 0.3) is 0 Å². The Balaban J connectivity index is 1.63. The second-order valence-electron chi connectivity index (χ2n) is 5.59. The molecule has 0 aromatic carbocycles. The summed E-state index contributed by atoms with van der Waals surface area (Å²) < 4.78 is 1.31. The molecule has 8 heteroatoms. The van der Waals surface area contributed by atoms with Gasteiger partial charge in [0.15, 0.2) is 0 Å². The molecule has 2 aromatic heterocycles. The molecule has 3 heterocycles. The van der Waals surface area contributed by atoms with Crippen LogP contribution in [-0.2, 0) is 11.3 Å². The van der Waals surface area contributed by atoms with Crippen LogP contribution in [0.5, 0.6) is 0 Å². The van der Waals surface area contributed by atoms with Crippen molar-refractivity contribution >= 4 is 11.6 Å². The number of piperidine rings is 1. The molecule has 1 saturated heterocycles. The van der Waals surface area contributed by atoms with Gasteiger partial charge < -0.3 is 4.90 Å². The average molecular weight is 315 g/mol. The highest BCUT2D eigenvalue weighted by atomic mass is 16.6. The van der Waals surface area contributed by atoms with Crippen molar-refractivity contribution < 1.29 is 9.72 Å². The predicted molar refractivity (Wildman–Crippen MR) is 81.7 cm³/mol. The molecular weight excluding hydrogens is 298 g/mol. The molecule has 23 heavy (non-hydrogen) atoms. The van der Waals surface area contributed by atoms with E-state index in [1.165, 1.54) is 10.9 Å². The minimum Gasteiger partial charge on any atom is -0.340 e. The van der Waals surface area contributed by atoms with Gasteiger partial charge in [-0.2, -0.15) is 5.10 Å². The summed E-state index contributed by atoms with van der Waals surface area (Å²) in [5, 5.41) is 14.5. The summed E-state index contributed by atoms with van der Waals surface area (Å²) in [5.41, 5.74) is 0.891. The topological polar surface area (TPSA) is 94.2 Å². The highest BCUT2D eigenvalue weighted by Gasteiger charge is 2.25. The van der Waals surface area contributed by atoms with Crippen molar-refractivity contribution in [2.45, 2.75) is 25.3 Å². The lowest BCUT2D eigenvalue weighted by atomic mass is 9.94. The molecule has 0 aliphatic carbocycles. The monoisotopic (exact) mass is 315 g/mol. The molecule has 8 nitrogen and oxygen atoms in total. The van der Waals surface area contributed by atoms with E-state index in [9.17, 15) is 14.9 Å². The predicted octanol–water partition coefficient (Wildman–Crippen LogP) is 1.59. The van der Waals surface area contributed by atoms with E-state index < -0.39 is 4.92 Å². The van der Waals surface area contributed by atoms with E-state index in [1.54, 1.807) is 11.1 Å². The number of rotatable bonds is 4. The number of amides is 1. The first kappa shape index (κ1) is 15.1. The highest BCUT2D eigenvalue weighted by Crippen LogP contribution is 2.25. The van der Waals surface area contributed by atoms with Gasteiger partial charge in [0, 0.05) is 30.9 Å². The molecule has 0 spiro atoms. The third-order valence-corrected chi connectivity index (χ3v) is 4.01. The van der Waals surface area contributed by atoms with Crippen LogP contribution in [0.4, 0.5) is 5.69 Å². The summed E-state index contributed by atoms with van der Waals surface area (Å²) in [5.74, 6) is 0.157. The lowest BCUT2D eigenvalue weighted by molar-refractivity contribution is -0.385. The molecule has 0 unspecified atom stereocenters. The van der Waals surface area contributed by atoms with Gasteiger partial charge >= 0.3 is 5.69 Å². The maximum absolute atomic E-state index is 12.4. The normalized spacial score (nSPS) is 17.9. The molecule has 0 N–H and O–H groups in total. The molecule has 1 aliphatic heterocycles. The number of aromatic nitrogens is 3. The lowest BCUT2D eigenvalue weighted by Gasteiger charge is -2.32. The molecule has 1 fully saturated rings. The summed E-state index contributed by atoms with van der Waals surface area (Å²) in [7, 11) is 0. The zero-order valence-electron chi connectivity index (χ0n) is 12.5. The van der Waals surface area contributed by atoms with Crippen LogP contribution in [0.1, 0.15) is 24.5 Å². The van der Waals surface area contributed by atoms with Gasteiger partial charge in [-0.1, -0.05) is 6.07 Å². The van der Waals surface area contributed by atoms with Crippen molar-refractivity contribution in [2.75, 3.05) is 13.1 Å². The fourth-order valence-corrected chi connectivity index (χ4v) is 2.83. The third kappa shape index (κ3) is 3.53. The van der Waals surface area contributed by atoms with Crippen LogP contribution in [0.2, 0.25) is 0 Å². The quantitative estimate of drug-likeness (QED) is 0.631. The minimum absolute atomic E-state index is 0.0166. The minimum atomic E-state index is -0.522. The van der Waals surface area contributed by atoms with Crippen molar-refractivity contribution in [2.24, 2.45) is 0 Å². The molecule has 3 rings (SSSR count). The van der Waals surface area contributed by atoms with E-state index in [1.807, 2.05) is 18.2 Å². The number of hydrogen-bond acceptors (Lipinski definition) is 5.